The molecule has 4 heterocycles. The van der Waals surface area contributed by atoms with Crippen LogP contribution in [0, 0.1) is 11.7 Å². The van der Waals surface area contributed by atoms with Crippen LogP contribution >= 0.6 is 11.3 Å². The van der Waals surface area contributed by atoms with Crippen molar-refractivity contribution < 1.29 is 23.5 Å². The third-order valence-corrected chi connectivity index (χ3v) is 7.65. The molecule has 3 aromatic rings. The maximum absolute atomic E-state index is 13.9. The van der Waals surface area contributed by atoms with Gasteiger partial charge in [0.25, 0.3) is 0 Å². The molecule has 1 aromatic heterocycles. The highest BCUT2D eigenvalue weighted by Crippen LogP contribution is 2.37. The van der Waals surface area contributed by atoms with Crippen LogP contribution in [0.15, 0.2) is 77.6 Å². The lowest BCUT2D eigenvalue weighted by Gasteiger charge is -2.50. The standard InChI is InChI=1S/C27H27FN2O3S/c28-23-7-4-8-24(15-23)29(16-20-11-14-34-19-20)27(32)33-26-18-30(12-9-22(26)10-13-30)17-25(31)21-5-2-1-3-6-21/h1-8,11,14-15,17,19,22,26H,9-10,12-13,16,18H2. The maximum Gasteiger partial charge on any atom is 0.415 e. The molecule has 176 valence electrons. The molecule has 0 saturated carbocycles. The zero-order valence-electron chi connectivity index (χ0n) is 18.8. The predicted octanol–water partition coefficient (Wildman–Crippen LogP) is 5.00. The van der Waals surface area contributed by atoms with Gasteiger partial charge in [0.15, 0.2) is 6.10 Å². The number of hydrogen-bond donors (Lipinski definition) is 0. The molecule has 7 heteroatoms. The van der Waals surface area contributed by atoms with Gasteiger partial charge in [-0.25, -0.2) is 9.18 Å². The minimum Gasteiger partial charge on any atom is -0.868 e. The molecule has 5 nitrogen and oxygen atoms in total. The number of amides is 1. The van der Waals surface area contributed by atoms with Gasteiger partial charge in [0.2, 0.25) is 0 Å². The summed E-state index contributed by atoms with van der Waals surface area (Å²) in [7, 11) is 0. The van der Waals surface area contributed by atoms with E-state index in [1.165, 1.54) is 17.0 Å². The zero-order chi connectivity index (χ0) is 23.5. The van der Waals surface area contributed by atoms with Crippen molar-refractivity contribution in [2.75, 3.05) is 24.5 Å². The number of hydrogen-bond acceptors (Lipinski definition) is 4. The van der Waals surface area contributed by atoms with Crippen LogP contribution in [0.1, 0.15) is 24.0 Å². The van der Waals surface area contributed by atoms with Gasteiger partial charge in [-0.1, -0.05) is 36.4 Å². The predicted molar refractivity (Wildman–Crippen MR) is 129 cm³/mol. The molecule has 3 aliphatic heterocycles. The van der Waals surface area contributed by atoms with Crippen molar-refractivity contribution in [2.45, 2.75) is 25.5 Å². The van der Waals surface area contributed by atoms with Crippen molar-refractivity contribution in [1.29, 1.82) is 0 Å². The SMILES string of the molecule is O=C(OC1C[N+]2(C=C([O-])c3ccccc3)CCC1CC2)N(Cc1ccsc1)c1cccc(F)c1. The van der Waals surface area contributed by atoms with Gasteiger partial charge in [-0.05, 0) is 51.9 Å². The van der Waals surface area contributed by atoms with E-state index in [0.717, 1.165) is 31.5 Å². The van der Waals surface area contributed by atoms with Crippen LogP contribution in [-0.2, 0) is 11.3 Å². The number of carbonyl (C=O) groups is 1. The number of halogens is 1. The minimum absolute atomic E-state index is 0.00451. The zero-order valence-corrected chi connectivity index (χ0v) is 19.6. The largest absolute Gasteiger partial charge is 0.868 e. The van der Waals surface area contributed by atoms with Crippen molar-refractivity contribution in [3.63, 3.8) is 0 Å². The third kappa shape index (κ3) is 4.86. The van der Waals surface area contributed by atoms with Gasteiger partial charge in [0, 0.05) is 18.8 Å². The molecule has 34 heavy (non-hydrogen) atoms. The van der Waals surface area contributed by atoms with E-state index in [1.807, 2.05) is 47.2 Å². The smallest absolute Gasteiger partial charge is 0.415 e. The highest BCUT2D eigenvalue weighted by molar-refractivity contribution is 7.07. The Kier molecular flexibility index (Phi) is 6.39. The maximum atomic E-state index is 13.9. The fraction of sp³-hybridized carbons (Fsp3) is 0.296. The first-order chi connectivity index (χ1) is 16.5. The first-order valence-electron chi connectivity index (χ1n) is 11.6. The Balaban J connectivity index is 1.35. The minimum atomic E-state index is -0.483. The molecular weight excluding hydrogens is 451 g/mol. The number of anilines is 1. The molecule has 1 atom stereocenters. The summed E-state index contributed by atoms with van der Waals surface area (Å²) in [5.41, 5.74) is 2.10. The number of benzene rings is 2. The number of quaternary nitrogens is 1. The summed E-state index contributed by atoms with van der Waals surface area (Å²) in [4.78, 5) is 14.9. The molecule has 0 N–H and O–H groups in total. The van der Waals surface area contributed by atoms with Crippen LogP contribution in [0.4, 0.5) is 14.9 Å². The van der Waals surface area contributed by atoms with Gasteiger partial charge < -0.3 is 9.84 Å². The number of fused-ring (bicyclic) bond motifs is 3. The lowest BCUT2D eigenvalue weighted by Crippen LogP contribution is -2.62. The van der Waals surface area contributed by atoms with Gasteiger partial charge in [0.1, 0.15) is 12.4 Å². The lowest BCUT2D eigenvalue weighted by molar-refractivity contribution is -0.900. The highest BCUT2D eigenvalue weighted by Gasteiger charge is 2.47. The summed E-state index contributed by atoms with van der Waals surface area (Å²) in [6, 6.07) is 17.2. The molecule has 2 bridgehead atoms. The van der Waals surface area contributed by atoms with Gasteiger partial charge in [-0.3, -0.25) is 9.38 Å². The lowest BCUT2D eigenvalue weighted by atomic mass is 9.83. The van der Waals surface area contributed by atoms with E-state index in [2.05, 4.69) is 0 Å². The number of ether oxygens (including phenoxy) is 1. The third-order valence-electron chi connectivity index (χ3n) is 6.92. The summed E-state index contributed by atoms with van der Waals surface area (Å²) < 4.78 is 20.5. The fourth-order valence-electron chi connectivity index (χ4n) is 5.07. The number of rotatable bonds is 6. The summed E-state index contributed by atoms with van der Waals surface area (Å²) in [6.45, 7) is 2.64. The summed E-state index contributed by atoms with van der Waals surface area (Å²) >= 11 is 1.55. The number of carbonyl (C=O) groups excluding carboxylic acids is 1. The van der Waals surface area contributed by atoms with Crippen molar-refractivity contribution in [3.05, 3.63) is 94.6 Å². The van der Waals surface area contributed by atoms with Gasteiger partial charge in [-0.15, -0.1) is 0 Å². The van der Waals surface area contributed by atoms with Crippen LogP contribution in [0.5, 0.6) is 0 Å². The average molecular weight is 479 g/mol. The molecule has 3 fully saturated rings. The molecular formula is C27H27FN2O3S. The van der Waals surface area contributed by atoms with Crippen molar-refractivity contribution in [1.82, 2.24) is 0 Å². The molecule has 1 unspecified atom stereocenters. The molecule has 3 saturated heterocycles. The van der Waals surface area contributed by atoms with Crippen molar-refractivity contribution in [3.8, 4) is 0 Å². The Morgan fingerprint density at radius 2 is 1.94 bits per heavy atom. The van der Waals surface area contributed by atoms with Crippen LogP contribution in [0.2, 0.25) is 0 Å². The Bertz CT molecular complexity index is 1160. The second-order valence-corrected chi connectivity index (χ2v) is 9.94. The normalized spacial score (nSPS) is 24.1. The van der Waals surface area contributed by atoms with Crippen LogP contribution in [-0.4, -0.2) is 36.3 Å². The molecule has 0 radical (unpaired) electrons. The summed E-state index contributed by atoms with van der Waals surface area (Å²) in [6.07, 6.45) is 2.85. The van der Waals surface area contributed by atoms with Crippen molar-refractivity contribution >= 4 is 28.9 Å². The average Bonchev–Trinajstić information content (AvgIpc) is 3.37. The first-order valence-corrected chi connectivity index (χ1v) is 12.5. The summed E-state index contributed by atoms with van der Waals surface area (Å²) in [5.74, 6) is -0.119. The highest BCUT2D eigenvalue weighted by atomic mass is 32.1. The number of thiophene rings is 1. The molecule has 0 spiro atoms. The Hall–Kier alpha value is -3.16. The van der Waals surface area contributed by atoms with E-state index in [-0.39, 0.29) is 17.8 Å². The second-order valence-electron chi connectivity index (χ2n) is 9.16. The quantitative estimate of drug-likeness (QED) is 0.370. The van der Waals surface area contributed by atoms with E-state index < -0.39 is 11.9 Å². The number of nitrogens with zero attached hydrogens (tertiary/aromatic N) is 2. The monoisotopic (exact) mass is 478 g/mol. The second kappa shape index (κ2) is 9.60. The van der Waals surface area contributed by atoms with Gasteiger partial charge in [0.05, 0.1) is 31.5 Å². The van der Waals surface area contributed by atoms with Crippen LogP contribution < -0.4 is 10.0 Å². The summed E-state index contributed by atoms with van der Waals surface area (Å²) in [5, 5.41) is 16.8. The van der Waals surface area contributed by atoms with Crippen LogP contribution in [0.25, 0.3) is 5.76 Å². The molecule has 0 aliphatic carbocycles. The van der Waals surface area contributed by atoms with E-state index in [0.29, 0.717) is 28.8 Å². The first kappa shape index (κ1) is 22.6. The molecule has 3 aliphatic rings. The van der Waals surface area contributed by atoms with Gasteiger partial charge >= 0.3 is 6.09 Å². The van der Waals surface area contributed by atoms with E-state index >= 15 is 0 Å². The van der Waals surface area contributed by atoms with E-state index in [4.69, 9.17) is 4.74 Å². The Labute approximate surface area is 202 Å². The van der Waals surface area contributed by atoms with E-state index in [9.17, 15) is 14.3 Å². The van der Waals surface area contributed by atoms with Crippen LogP contribution in [0.3, 0.4) is 0 Å². The fourth-order valence-corrected chi connectivity index (χ4v) is 5.73. The molecule has 6 rings (SSSR count). The van der Waals surface area contributed by atoms with Crippen molar-refractivity contribution in [2.24, 2.45) is 5.92 Å². The van der Waals surface area contributed by atoms with E-state index in [1.54, 1.807) is 29.7 Å². The Morgan fingerprint density at radius 1 is 1.15 bits per heavy atom. The number of piperidine rings is 3. The van der Waals surface area contributed by atoms with Gasteiger partial charge in [-0.2, -0.15) is 11.3 Å². The molecule has 2 aromatic carbocycles. The Morgan fingerprint density at radius 3 is 2.65 bits per heavy atom. The topological polar surface area (TPSA) is 52.6 Å². The molecule has 1 amide bonds.